The number of nitrogens with zero attached hydrogens (tertiary/aromatic N) is 3. The van der Waals surface area contributed by atoms with E-state index in [4.69, 9.17) is 4.74 Å². The van der Waals surface area contributed by atoms with Gasteiger partial charge in [-0.05, 0) is 6.42 Å². The first-order valence-electron chi connectivity index (χ1n) is 6.03. The lowest BCUT2D eigenvalue weighted by atomic mass is 10.5. The Bertz CT molecular complexity index is 475. The second-order valence-corrected chi connectivity index (χ2v) is 6.03. The van der Waals surface area contributed by atoms with Gasteiger partial charge in [-0.2, -0.15) is 4.31 Å². The normalized spacial score (nSPS) is 11.8. The van der Waals surface area contributed by atoms with Crippen molar-refractivity contribution in [2.75, 3.05) is 39.2 Å². The summed E-state index contributed by atoms with van der Waals surface area (Å²) in [6, 6.07) is 0. The van der Waals surface area contributed by atoms with Crippen LogP contribution in [0.5, 0.6) is 0 Å². The van der Waals surface area contributed by atoms with Gasteiger partial charge in [0.05, 0.1) is 19.0 Å². The number of rotatable bonds is 8. The van der Waals surface area contributed by atoms with Crippen molar-refractivity contribution in [1.29, 1.82) is 0 Å². The van der Waals surface area contributed by atoms with Crippen molar-refractivity contribution in [2.24, 2.45) is 0 Å². The Labute approximate surface area is 114 Å². The molecule has 0 aliphatic carbocycles. The van der Waals surface area contributed by atoms with Crippen molar-refractivity contribution >= 4 is 16.0 Å². The van der Waals surface area contributed by atoms with Gasteiger partial charge in [-0.15, -0.1) is 0 Å². The van der Waals surface area contributed by atoms with Gasteiger partial charge in [0, 0.05) is 27.2 Å². The van der Waals surface area contributed by atoms with Gasteiger partial charge in [-0.3, -0.25) is 0 Å². The van der Waals surface area contributed by atoms with Gasteiger partial charge < -0.3 is 10.1 Å². The van der Waals surface area contributed by atoms with E-state index in [2.05, 4.69) is 15.3 Å². The second-order valence-electron chi connectivity index (χ2n) is 3.99. The van der Waals surface area contributed by atoms with Crippen LogP contribution in [0.3, 0.4) is 0 Å². The first-order chi connectivity index (χ1) is 9.02. The summed E-state index contributed by atoms with van der Waals surface area (Å²) in [5.74, 6) is 0.431. The largest absolute Gasteiger partial charge is 0.383 e. The van der Waals surface area contributed by atoms with E-state index in [1.54, 1.807) is 0 Å². The molecule has 1 heterocycles. The molecule has 0 saturated heterocycles. The van der Waals surface area contributed by atoms with Crippen LogP contribution in [-0.4, -0.2) is 56.5 Å². The fourth-order valence-corrected chi connectivity index (χ4v) is 2.34. The third kappa shape index (κ3) is 4.41. The van der Waals surface area contributed by atoms with Crippen LogP contribution in [0.25, 0.3) is 0 Å². The fourth-order valence-electron chi connectivity index (χ4n) is 1.30. The number of hydrogen-bond donors (Lipinski definition) is 1. The second kappa shape index (κ2) is 7.37. The summed E-state index contributed by atoms with van der Waals surface area (Å²) in [4.78, 5) is 8.05. The van der Waals surface area contributed by atoms with Gasteiger partial charge in [-0.1, -0.05) is 6.92 Å². The van der Waals surface area contributed by atoms with E-state index in [9.17, 15) is 8.42 Å². The molecule has 1 aromatic heterocycles. The lowest BCUT2D eigenvalue weighted by Crippen LogP contribution is -2.30. The first-order valence-corrected chi connectivity index (χ1v) is 7.47. The predicted molar refractivity (Wildman–Crippen MR) is 72.5 cm³/mol. The van der Waals surface area contributed by atoms with Gasteiger partial charge in [0.2, 0.25) is 16.0 Å². The summed E-state index contributed by atoms with van der Waals surface area (Å²) in [5.41, 5.74) is 0. The van der Waals surface area contributed by atoms with Crippen molar-refractivity contribution in [3.8, 4) is 0 Å². The molecule has 0 fully saturated rings. The number of likely N-dealkylation sites (N-methyl/N-ethyl adjacent to an activating group) is 1. The van der Waals surface area contributed by atoms with E-state index in [-0.39, 0.29) is 11.4 Å². The number of methoxy groups -OCH3 is 1. The Kier molecular flexibility index (Phi) is 6.13. The van der Waals surface area contributed by atoms with Crippen LogP contribution in [0.4, 0.5) is 5.95 Å². The number of nitrogens with one attached hydrogen (secondary N) is 1. The molecule has 7 nitrogen and oxygen atoms in total. The van der Waals surface area contributed by atoms with Crippen molar-refractivity contribution in [3.63, 3.8) is 0 Å². The molecule has 0 atom stereocenters. The van der Waals surface area contributed by atoms with Gasteiger partial charge in [0.25, 0.3) is 0 Å². The molecule has 0 aromatic carbocycles. The molecule has 0 unspecified atom stereocenters. The summed E-state index contributed by atoms with van der Waals surface area (Å²) < 4.78 is 30.3. The minimum atomic E-state index is -3.55. The molecule has 0 saturated carbocycles. The zero-order valence-electron chi connectivity index (χ0n) is 11.5. The average Bonchev–Trinajstić information content (AvgIpc) is 2.42. The van der Waals surface area contributed by atoms with E-state index in [0.717, 1.165) is 13.0 Å². The molecular weight excluding hydrogens is 268 g/mol. The van der Waals surface area contributed by atoms with Crippen molar-refractivity contribution < 1.29 is 13.2 Å². The Morgan fingerprint density at radius 1 is 1.37 bits per heavy atom. The zero-order valence-corrected chi connectivity index (χ0v) is 12.3. The number of aromatic nitrogens is 2. The number of anilines is 1. The molecule has 0 aliphatic rings. The Morgan fingerprint density at radius 3 is 2.53 bits per heavy atom. The molecule has 0 amide bonds. The Balaban J connectivity index is 2.78. The van der Waals surface area contributed by atoms with Crippen LogP contribution in [0.1, 0.15) is 13.3 Å². The minimum Gasteiger partial charge on any atom is -0.383 e. The van der Waals surface area contributed by atoms with E-state index in [0.29, 0.717) is 12.6 Å². The monoisotopic (exact) mass is 288 g/mol. The topological polar surface area (TPSA) is 84.4 Å². The Morgan fingerprint density at radius 2 is 2.00 bits per heavy atom. The molecule has 0 radical (unpaired) electrons. The maximum absolute atomic E-state index is 12.1. The highest BCUT2D eigenvalue weighted by molar-refractivity contribution is 7.89. The summed E-state index contributed by atoms with van der Waals surface area (Å²) >= 11 is 0. The summed E-state index contributed by atoms with van der Waals surface area (Å²) in [7, 11) is -0.525. The van der Waals surface area contributed by atoms with Crippen molar-refractivity contribution in [1.82, 2.24) is 14.3 Å². The molecule has 1 N–H and O–H groups in total. The van der Waals surface area contributed by atoms with Crippen molar-refractivity contribution in [3.05, 3.63) is 12.4 Å². The fraction of sp³-hybridized carbons (Fsp3) is 0.636. The summed E-state index contributed by atoms with van der Waals surface area (Å²) in [6.45, 7) is 3.40. The highest BCUT2D eigenvalue weighted by Gasteiger charge is 2.21. The molecule has 108 valence electrons. The molecule has 19 heavy (non-hydrogen) atoms. The molecule has 0 aliphatic heterocycles. The van der Waals surface area contributed by atoms with Crippen molar-refractivity contribution in [2.45, 2.75) is 18.2 Å². The molecule has 0 spiro atoms. The highest BCUT2D eigenvalue weighted by atomic mass is 32.2. The van der Waals surface area contributed by atoms with Crippen LogP contribution >= 0.6 is 0 Å². The molecule has 1 rings (SSSR count). The minimum absolute atomic E-state index is 0.0770. The number of sulfonamides is 1. The SMILES string of the molecule is CCCNc1ncc(S(=O)(=O)N(C)CCOC)cn1. The van der Waals surface area contributed by atoms with Crippen LogP contribution in [0.2, 0.25) is 0 Å². The van der Waals surface area contributed by atoms with Gasteiger partial charge >= 0.3 is 0 Å². The standard InChI is InChI=1S/C11H20N4O3S/c1-4-5-12-11-13-8-10(9-14-11)19(16,17)15(2)6-7-18-3/h8-9H,4-7H2,1-3H3,(H,12,13,14). The lowest BCUT2D eigenvalue weighted by Gasteiger charge is -2.16. The van der Waals surface area contributed by atoms with Crippen LogP contribution < -0.4 is 5.32 Å². The molecule has 1 aromatic rings. The highest BCUT2D eigenvalue weighted by Crippen LogP contribution is 2.12. The number of ether oxygens (including phenoxy) is 1. The summed E-state index contributed by atoms with van der Waals surface area (Å²) in [5, 5.41) is 2.99. The zero-order chi connectivity index (χ0) is 14.3. The summed E-state index contributed by atoms with van der Waals surface area (Å²) in [6.07, 6.45) is 3.57. The molecule has 8 heteroatoms. The van der Waals surface area contributed by atoms with E-state index < -0.39 is 10.0 Å². The third-order valence-electron chi connectivity index (χ3n) is 2.48. The van der Waals surface area contributed by atoms with E-state index in [1.165, 1.54) is 30.9 Å². The first kappa shape index (κ1) is 15.8. The predicted octanol–water partition coefficient (Wildman–Crippen LogP) is 0.565. The van der Waals surface area contributed by atoms with E-state index in [1.807, 2.05) is 6.92 Å². The maximum Gasteiger partial charge on any atom is 0.245 e. The molecular formula is C11H20N4O3S. The smallest absolute Gasteiger partial charge is 0.245 e. The third-order valence-corrected chi connectivity index (χ3v) is 4.29. The van der Waals surface area contributed by atoms with Gasteiger partial charge in [0.1, 0.15) is 4.90 Å². The average molecular weight is 288 g/mol. The lowest BCUT2D eigenvalue weighted by molar-refractivity contribution is 0.185. The molecule has 0 bridgehead atoms. The van der Waals surface area contributed by atoms with Crippen LogP contribution in [0, 0.1) is 0 Å². The van der Waals surface area contributed by atoms with Gasteiger partial charge in [0.15, 0.2) is 0 Å². The Hall–Kier alpha value is -1.25. The van der Waals surface area contributed by atoms with Gasteiger partial charge in [-0.25, -0.2) is 18.4 Å². The van der Waals surface area contributed by atoms with Crippen LogP contribution in [-0.2, 0) is 14.8 Å². The maximum atomic E-state index is 12.1. The number of hydrogen-bond acceptors (Lipinski definition) is 6. The van der Waals surface area contributed by atoms with E-state index >= 15 is 0 Å². The van der Waals surface area contributed by atoms with Crippen LogP contribution in [0.15, 0.2) is 17.3 Å². The quantitative estimate of drug-likeness (QED) is 0.752.